The molecule has 0 amide bonds. The first-order valence-corrected chi connectivity index (χ1v) is 10.8. The molecule has 0 saturated carbocycles. The maximum Gasteiger partial charge on any atom is 0.191 e. The van der Waals surface area contributed by atoms with Crippen molar-refractivity contribution in [2.45, 2.75) is 51.2 Å². The number of ether oxygens (including phenoxy) is 2. The summed E-state index contributed by atoms with van der Waals surface area (Å²) in [7, 11) is 0. The van der Waals surface area contributed by atoms with Crippen molar-refractivity contribution < 1.29 is 13.9 Å². The Morgan fingerprint density at radius 1 is 1.31 bits per heavy atom. The number of nitrogens with zero attached hydrogens (tertiary/aromatic N) is 2. The van der Waals surface area contributed by atoms with E-state index < -0.39 is 0 Å². The molecule has 2 N–H and O–H groups in total. The summed E-state index contributed by atoms with van der Waals surface area (Å²) in [5, 5.41) is 6.91. The molecule has 166 valence electrons. The van der Waals surface area contributed by atoms with Gasteiger partial charge in [0, 0.05) is 38.8 Å². The zero-order valence-electron chi connectivity index (χ0n) is 17.6. The maximum atomic E-state index is 5.84. The Morgan fingerprint density at radius 3 is 2.97 bits per heavy atom. The second-order valence-corrected chi connectivity index (χ2v) is 7.51. The van der Waals surface area contributed by atoms with Gasteiger partial charge in [0.05, 0.1) is 25.5 Å². The lowest BCUT2D eigenvalue weighted by Crippen LogP contribution is -2.40. The summed E-state index contributed by atoms with van der Waals surface area (Å²) >= 11 is 0. The van der Waals surface area contributed by atoms with Crippen molar-refractivity contribution in [2.75, 3.05) is 52.5 Å². The van der Waals surface area contributed by atoms with Gasteiger partial charge in [0.15, 0.2) is 5.96 Å². The van der Waals surface area contributed by atoms with Crippen LogP contribution in [0.5, 0.6) is 0 Å². The second-order valence-electron chi connectivity index (χ2n) is 7.51. The summed E-state index contributed by atoms with van der Waals surface area (Å²) in [6.45, 7) is 9.37. The van der Waals surface area contributed by atoms with Gasteiger partial charge in [-0.1, -0.05) is 6.92 Å². The summed E-state index contributed by atoms with van der Waals surface area (Å²) in [5.41, 5.74) is 0. The number of aliphatic imine (C=N–C) groups is 1. The highest BCUT2D eigenvalue weighted by molar-refractivity contribution is 14.0. The smallest absolute Gasteiger partial charge is 0.191 e. The maximum absolute atomic E-state index is 5.84. The van der Waals surface area contributed by atoms with Crippen molar-refractivity contribution in [3.8, 4) is 0 Å². The lowest BCUT2D eigenvalue weighted by atomic mass is 10.2. The van der Waals surface area contributed by atoms with Gasteiger partial charge in [-0.15, -0.1) is 24.0 Å². The van der Waals surface area contributed by atoms with Gasteiger partial charge < -0.3 is 24.5 Å². The number of likely N-dealkylation sites (tertiary alicyclic amines) is 1. The highest BCUT2D eigenvalue weighted by Gasteiger charge is 2.22. The van der Waals surface area contributed by atoms with Gasteiger partial charge in [0.1, 0.15) is 5.76 Å². The van der Waals surface area contributed by atoms with Crippen LogP contribution in [0, 0.1) is 0 Å². The number of hydrogen-bond donors (Lipinski definition) is 2. The molecular formula is C21H37IN4O3. The van der Waals surface area contributed by atoms with E-state index in [1.807, 2.05) is 12.1 Å². The van der Waals surface area contributed by atoms with Crippen molar-refractivity contribution in [2.24, 2.45) is 4.99 Å². The van der Waals surface area contributed by atoms with E-state index in [0.717, 1.165) is 77.0 Å². The molecule has 0 bridgehead atoms. The molecule has 1 aromatic rings. The fraction of sp³-hybridized carbons (Fsp3) is 0.762. The SMILES string of the molecule is CCN1CCCC1CN=C(NCCCOC1CCOC1)NCCc1ccco1.I. The van der Waals surface area contributed by atoms with E-state index >= 15 is 0 Å². The summed E-state index contributed by atoms with van der Waals surface area (Å²) in [6.07, 6.45) is 7.35. The molecule has 2 atom stereocenters. The number of nitrogens with one attached hydrogen (secondary N) is 2. The van der Waals surface area contributed by atoms with Gasteiger partial charge in [-0.25, -0.2) is 0 Å². The molecule has 0 aliphatic carbocycles. The monoisotopic (exact) mass is 520 g/mol. The van der Waals surface area contributed by atoms with E-state index in [1.54, 1.807) is 6.26 Å². The third-order valence-corrected chi connectivity index (χ3v) is 5.46. The van der Waals surface area contributed by atoms with Gasteiger partial charge in [-0.3, -0.25) is 9.89 Å². The molecule has 0 radical (unpaired) electrons. The largest absolute Gasteiger partial charge is 0.469 e. The Hall–Kier alpha value is -0.840. The highest BCUT2D eigenvalue weighted by atomic mass is 127. The van der Waals surface area contributed by atoms with Crippen molar-refractivity contribution >= 4 is 29.9 Å². The van der Waals surface area contributed by atoms with Crippen LogP contribution < -0.4 is 10.6 Å². The highest BCUT2D eigenvalue weighted by Crippen LogP contribution is 2.16. The van der Waals surface area contributed by atoms with Crippen molar-refractivity contribution in [1.82, 2.24) is 15.5 Å². The molecule has 2 unspecified atom stereocenters. The van der Waals surface area contributed by atoms with Gasteiger partial charge in [0.2, 0.25) is 0 Å². The van der Waals surface area contributed by atoms with Gasteiger partial charge in [-0.2, -0.15) is 0 Å². The van der Waals surface area contributed by atoms with Crippen LogP contribution in [-0.4, -0.2) is 75.5 Å². The Labute approximate surface area is 192 Å². The van der Waals surface area contributed by atoms with Crippen LogP contribution in [0.25, 0.3) is 0 Å². The number of likely N-dealkylation sites (N-methyl/N-ethyl adjacent to an activating group) is 1. The predicted octanol–water partition coefficient (Wildman–Crippen LogP) is 2.66. The number of guanidine groups is 1. The fourth-order valence-electron chi connectivity index (χ4n) is 3.82. The Kier molecular flexibility index (Phi) is 12.0. The average molecular weight is 520 g/mol. The lowest BCUT2D eigenvalue weighted by molar-refractivity contribution is 0.0420. The zero-order valence-corrected chi connectivity index (χ0v) is 19.9. The minimum atomic E-state index is 0. The van der Waals surface area contributed by atoms with E-state index in [0.29, 0.717) is 6.04 Å². The molecule has 2 saturated heterocycles. The Balaban J connectivity index is 0.00000300. The molecule has 3 rings (SSSR count). The molecule has 2 aliphatic heterocycles. The minimum absolute atomic E-state index is 0. The summed E-state index contributed by atoms with van der Waals surface area (Å²) in [4.78, 5) is 7.39. The van der Waals surface area contributed by atoms with Crippen LogP contribution in [0.4, 0.5) is 0 Å². The molecule has 2 fully saturated rings. The molecule has 0 aromatic carbocycles. The standard InChI is InChI=1S/C21H36N4O3.HI/c1-2-25-12-3-6-18(25)16-24-21(23-11-8-19-7-4-13-27-19)22-10-5-14-28-20-9-15-26-17-20;/h4,7,13,18,20H,2-3,5-6,8-12,14-17H2,1H3,(H2,22,23,24);1H. The third-order valence-electron chi connectivity index (χ3n) is 5.46. The molecule has 1 aromatic heterocycles. The second kappa shape index (κ2) is 14.2. The quantitative estimate of drug-likeness (QED) is 0.203. The molecule has 7 nitrogen and oxygen atoms in total. The first kappa shape index (κ1) is 24.4. The molecular weight excluding hydrogens is 483 g/mol. The zero-order chi connectivity index (χ0) is 19.4. The summed E-state index contributed by atoms with van der Waals surface area (Å²) in [6, 6.07) is 4.50. The number of halogens is 1. The first-order chi connectivity index (χ1) is 13.8. The Bertz CT molecular complexity index is 564. The number of hydrogen-bond acceptors (Lipinski definition) is 5. The van der Waals surface area contributed by atoms with Crippen LogP contribution in [0.2, 0.25) is 0 Å². The number of rotatable bonds is 11. The lowest BCUT2D eigenvalue weighted by Gasteiger charge is -2.21. The predicted molar refractivity (Wildman–Crippen MR) is 126 cm³/mol. The third kappa shape index (κ3) is 8.82. The normalized spacial score (nSPS) is 22.6. The topological polar surface area (TPSA) is 71.3 Å². The van der Waals surface area contributed by atoms with Crippen molar-refractivity contribution in [1.29, 1.82) is 0 Å². The van der Waals surface area contributed by atoms with E-state index in [2.05, 4.69) is 22.5 Å². The minimum Gasteiger partial charge on any atom is -0.469 e. The first-order valence-electron chi connectivity index (χ1n) is 10.8. The van der Waals surface area contributed by atoms with E-state index in [4.69, 9.17) is 18.9 Å². The average Bonchev–Trinajstić information content (AvgIpc) is 3.47. The van der Waals surface area contributed by atoms with Crippen LogP contribution in [0.15, 0.2) is 27.8 Å². The molecule has 0 spiro atoms. The van der Waals surface area contributed by atoms with Gasteiger partial charge in [0.25, 0.3) is 0 Å². The Morgan fingerprint density at radius 2 is 2.21 bits per heavy atom. The summed E-state index contributed by atoms with van der Waals surface area (Å²) < 4.78 is 16.6. The summed E-state index contributed by atoms with van der Waals surface area (Å²) in [5.74, 6) is 1.88. The van der Waals surface area contributed by atoms with Gasteiger partial charge in [-0.05, 0) is 50.9 Å². The van der Waals surface area contributed by atoms with Crippen LogP contribution in [0.3, 0.4) is 0 Å². The molecule has 2 aliphatic rings. The van der Waals surface area contributed by atoms with Gasteiger partial charge >= 0.3 is 0 Å². The fourth-order valence-corrected chi connectivity index (χ4v) is 3.82. The number of furan rings is 1. The van der Waals surface area contributed by atoms with Crippen molar-refractivity contribution in [3.63, 3.8) is 0 Å². The molecule has 29 heavy (non-hydrogen) atoms. The molecule has 8 heteroatoms. The van der Waals surface area contributed by atoms with Crippen LogP contribution >= 0.6 is 24.0 Å². The van der Waals surface area contributed by atoms with E-state index in [-0.39, 0.29) is 30.1 Å². The van der Waals surface area contributed by atoms with E-state index in [9.17, 15) is 0 Å². The van der Waals surface area contributed by atoms with Crippen LogP contribution in [0.1, 0.15) is 38.4 Å². The van der Waals surface area contributed by atoms with Crippen LogP contribution in [-0.2, 0) is 15.9 Å². The molecule has 3 heterocycles. The van der Waals surface area contributed by atoms with Crippen molar-refractivity contribution in [3.05, 3.63) is 24.2 Å². The van der Waals surface area contributed by atoms with E-state index in [1.165, 1.54) is 19.4 Å².